The summed E-state index contributed by atoms with van der Waals surface area (Å²) in [6, 6.07) is 17.9. The average molecular weight is 657 g/mol. The molecule has 3 aromatic rings. The van der Waals surface area contributed by atoms with E-state index in [0.29, 0.717) is 43.6 Å². The van der Waals surface area contributed by atoms with Gasteiger partial charge in [0.15, 0.2) is 11.5 Å². The monoisotopic (exact) mass is 655 g/mol. The van der Waals surface area contributed by atoms with E-state index in [-0.39, 0.29) is 29.6 Å². The molecule has 0 unspecified atom stereocenters. The summed E-state index contributed by atoms with van der Waals surface area (Å²) < 4.78 is 17.7. The van der Waals surface area contributed by atoms with Crippen molar-refractivity contribution < 1.29 is 28.9 Å². The quantitative estimate of drug-likeness (QED) is 0.233. The highest BCUT2D eigenvalue weighted by Gasteiger charge is 2.34. The molecule has 1 N–H and O–H groups in total. The zero-order valence-electron chi connectivity index (χ0n) is 22.6. The molecule has 1 aliphatic heterocycles. The van der Waals surface area contributed by atoms with Gasteiger partial charge in [-0.05, 0) is 78.7 Å². The molecular formula is C31H27BrClNO6S. The Kier molecular flexibility index (Phi) is 10.3. The lowest BCUT2D eigenvalue weighted by molar-refractivity contribution is -0.138. The van der Waals surface area contributed by atoms with Gasteiger partial charge in [-0.2, -0.15) is 0 Å². The number of carbonyl (C=O) groups excluding carboxylic acids is 2. The number of hydrogen-bond donors (Lipinski definition) is 1. The summed E-state index contributed by atoms with van der Waals surface area (Å²) in [5.41, 5.74) is 2.67. The predicted molar refractivity (Wildman–Crippen MR) is 166 cm³/mol. The third-order valence-corrected chi connectivity index (χ3v) is 7.81. The van der Waals surface area contributed by atoms with Crippen LogP contribution < -0.4 is 9.47 Å². The first-order valence-corrected chi connectivity index (χ1v) is 14.7. The summed E-state index contributed by atoms with van der Waals surface area (Å²) in [5.74, 6) is -0.662. The second-order valence-electron chi connectivity index (χ2n) is 8.79. The number of rotatable bonds is 9. The van der Waals surface area contributed by atoms with Crippen LogP contribution in [0.1, 0.15) is 40.9 Å². The van der Waals surface area contributed by atoms with Gasteiger partial charge in [0.1, 0.15) is 23.0 Å². The number of aliphatic imine (C=N–C) groups is 1. The molecule has 0 fully saturated rings. The summed E-state index contributed by atoms with van der Waals surface area (Å²) in [7, 11) is 0. The van der Waals surface area contributed by atoms with Crippen LogP contribution in [-0.4, -0.2) is 35.2 Å². The standard InChI is InChI=1S/C31H27BrClNO6S/c1-4-38-24-15-19(14-22(32)28(24)40-17-21-8-6-7-9-23(21)33)16-25-27(35)26(31(37)39-5-2)30(41-25)34-29(36)20-12-10-18(3)11-13-20/h6-16,35H,4-5,17H2,1-3H3/b25-16-,34-30?. The van der Waals surface area contributed by atoms with Crippen molar-refractivity contribution in [3.05, 3.63) is 109 Å². The summed E-state index contributed by atoms with van der Waals surface area (Å²) in [6.45, 7) is 6.15. The van der Waals surface area contributed by atoms with E-state index in [0.717, 1.165) is 22.9 Å². The Labute approximate surface area is 256 Å². The average Bonchev–Trinajstić information content (AvgIpc) is 3.23. The fraction of sp³-hybridized carbons (Fsp3) is 0.194. The van der Waals surface area contributed by atoms with E-state index in [1.807, 2.05) is 32.0 Å². The van der Waals surface area contributed by atoms with E-state index >= 15 is 0 Å². The SMILES string of the molecule is CCOC(=O)C1=C(O)/C(=C/c2cc(Br)c(OCc3ccccc3Cl)c(OCC)c2)SC1=NC(=O)c1ccc(C)cc1. The third kappa shape index (κ3) is 7.41. The van der Waals surface area contributed by atoms with Crippen LogP contribution in [0.3, 0.4) is 0 Å². The minimum absolute atomic E-state index is 0.0570. The fourth-order valence-electron chi connectivity index (χ4n) is 3.84. The van der Waals surface area contributed by atoms with Crippen molar-refractivity contribution in [3.63, 3.8) is 0 Å². The number of hydrogen-bond acceptors (Lipinski definition) is 7. The lowest BCUT2D eigenvalue weighted by Crippen LogP contribution is -2.14. The molecule has 3 aromatic carbocycles. The Hall–Kier alpha value is -3.53. The Morgan fingerprint density at radius 2 is 1.78 bits per heavy atom. The van der Waals surface area contributed by atoms with Crippen molar-refractivity contribution in [2.75, 3.05) is 13.2 Å². The van der Waals surface area contributed by atoms with Gasteiger partial charge in [-0.3, -0.25) is 4.79 Å². The number of aliphatic hydroxyl groups excluding tert-OH is 1. The third-order valence-electron chi connectivity index (χ3n) is 5.83. The van der Waals surface area contributed by atoms with E-state index in [4.69, 9.17) is 25.8 Å². The predicted octanol–water partition coefficient (Wildman–Crippen LogP) is 8.09. The van der Waals surface area contributed by atoms with Crippen molar-refractivity contribution in [1.82, 2.24) is 0 Å². The molecule has 0 radical (unpaired) electrons. The second-order valence-corrected chi connectivity index (χ2v) is 11.1. The Morgan fingerprint density at radius 1 is 1.05 bits per heavy atom. The number of benzene rings is 3. The van der Waals surface area contributed by atoms with Gasteiger partial charge in [0.05, 0.1) is 22.6 Å². The number of carbonyl (C=O) groups is 2. The van der Waals surface area contributed by atoms with E-state index in [1.54, 1.807) is 55.5 Å². The molecule has 0 bridgehead atoms. The first-order valence-electron chi connectivity index (χ1n) is 12.7. The molecule has 212 valence electrons. The minimum atomic E-state index is -0.768. The molecule has 0 aromatic heterocycles. The number of amides is 1. The molecule has 1 aliphatic rings. The van der Waals surface area contributed by atoms with Crippen LogP contribution >= 0.6 is 39.3 Å². The molecule has 0 saturated heterocycles. The van der Waals surface area contributed by atoms with Gasteiger partial charge in [-0.25, -0.2) is 9.79 Å². The highest BCUT2D eigenvalue weighted by atomic mass is 79.9. The molecule has 1 heterocycles. The maximum Gasteiger partial charge on any atom is 0.344 e. The van der Waals surface area contributed by atoms with Gasteiger partial charge < -0.3 is 19.3 Å². The summed E-state index contributed by atoms with van der Waals surface area (Å²) in [6.07, 6.45) is 1.67. The second kappa shape index (κ2) is 13.9. The minimum Gasteiger partial charge on any atom is -0.506 e. The summed E-state index contributed by atoms with van der Waals surface area (Å²) >= 11 is 10.8. The van der Waals surface area contributed by atoms with Crippen LogP contribution in [0.25, 0.3) is 6.08 Å². The molecule has 1 amide bonds. The molecule has 0 aliphatic carbocycles. The number of thioether (sulfide) groups is 1. The molecule has 4 rings (SSSR count). The van der Waals surface area contributed by atoms with Crippen LogP contribution in [-0.2, 0) is 16.1 Å². The molecule has 0 saturated carbocycles. The normalized spacial score (nSPS) is 15.0. The van der Waals surface area contributed by atoms with Crippen molar-refractivity contribution in [2.45, 2.75) is 27.4 Å². The molecule has 0 spiro atoms. The first kappa shape index (κ1) is 30.4. The highest BCUT2D eigenvalue weighted by Crippen LogP contribution is 2.42. The van der Waals surface area contributed by atoms with Gasteiger partial charge in [-0.15, -0.1) is 0 Å². The van der Waals surface area contributed by atoms with Gasteiger partial charge >= 0.3 is 5.97 Å². The Morgan fingerprint density at radius 3 is 2.46 bits per heavy atom. The van der Waals surface area contributed by atoms with Crippen LogP contribution in [0.15, 0.2) is 86.4 Å². The van der Waals surface area contributed by atoms with Gasteiger partial charge in [-0.1, -0.05) is 59.3 Å². The van der Waals surface area contributed by atoms with Crippen LogP contribution in [0.4, 0.5) is 0 Å². The molecular weight excluding hydrogens is 630 g/mol. The molecule has 41 heavy (non-hydrogen) atoms. The largest absolute Gasteiger partial charge is 0.506 e. The maximum absolute atomic E-state index is 12.9. The van der Waals surface area contributed by atoms with Crippen molar-refractivity contribution >= 4 is 62.3 Å². The highest BCUT2D eigenvalue weighted by molar-refractivity contribution is 9.10. The van der Waals surface area contributed by atoms with Crippen molar-refractivity contribution in [3.8, 4) is 11.5 Å². The molecule has 0 atom stereocenters. The van der Waals surface area contributed by atoms with Crippen molar-refractivity contribution in [2.24, 2.45) is 4.99 Å². The van der Waals surface area contributed by atoms with Gasteiger partial charge in [0.25, 0.3) is 5.91 Å². The smallest absolute Gasteiger partial charge is 0.344 e. The topological polar surface area (TPSA) is 94.4 Å². The lowest BCUT2D eigenvalue weighted by atomic mass is 10.1. The van der Waals surface area contributed by atoms with Crippen LogP contribution in [0.2, 0.25) is 5.02 Å². The van der Waals surface area contributed by atoms with E-state index in [9.17, 15) is 14.7 Å². The zero-order valence-corrected chi connectivity index (χ0v) is 25.7. The first-order chi connectivity index (χ1) is 19.7. The van der Waals surface area contributed by atoms with Gasteiger partial charge in [0, 0.05) is 16.1 Å². The maximum atomic E-state index is 12.9. The summed E-state index contributed by atoms with van der Waals surface area (Å²) in [5, 5.41) is 11.7. The van der Waals surface area contributed by atoms with Crippen LogP contribution in [0, 0.1) is 6.92 Å². The number of ether oxygens (including phenoxy) is 3. The Balaban J connectivity index is 1.68. The fourth-order valence-corrected chi connectivity index (χ4v) is 5.61. The number of esters is 1. The zero-order chi connectivity index (χ0) is 29.5. The van der Waals surface area contributed by atoms with Gasteiger partial charge in [0.2, 0.25) is 0 Å². The molecule has 10 heteroatoms. The Bertz CT molecular complexity index is 1570. The summed E-state index contributed by atoms with van der Waals surface area (Å²) in [4.78, 5) is 30.1. The van der Waals surface area contributed by atoms with E-state index < -0.39 is 11.9 Å². The van der Waals surface area contributed by atoms with Crippen molar-refractivity contribution in [1.29, 1.82) is 0 Å². The number of aliphatic hydroxyl groups is 1. The molecule has 7 nitrogen and oxygen atoms in total. The number of aryl methyl sites for hydroxylation is 1. The van der Waals surface area contributed by atoms with E-state index in [2.05, 4.69) is 20.9 Å². The number of halogens is 2. The van der Waals surface area contributed by atoms with E-state index in [1.165, 1.54) is 0 Å². The number of nitrogens with zero attached hydrogens (tertiary/aromatic N) is 1. The lowest BCUT2D eigenvalue weighted by Gasteiger charge is -2.15. The van der Waals surface area contributed by atoms with Crippen LogP contribution in [0.5, 0.6) is 11.5 Å².